The molecule has 2 aromatic heterocycles. The largest absolute Gasteiger partial charge is 0.301 e. The van der Waals surface area contributed by atoms with E-state index in [1.54, 1.807) is 6.92 Å². The summed E-state index contributed by atoms with van der Waals surface area (Å²) in [6.45, 7) is 3.65. The van der Waals surface area contributed by atoms with Crippen LogP contribution in [-0.4, -0.2) is 34.7 Å². The first-order valence-electron chi connectivity index (χ1n) is 7.44. The molecule has 3 rings (SSSR count). The van der Waals surface area contributed by atoms with Crippen LogP contribution in [0.2, 0.25) is 0 Å². The number of amides is 1. The number of hydrogen-bond donors (Lipinski definition) is 2. The molecule has 1 amide bonds. The maximum absolute atomic E-state index is 12.4. The van der Waals surface area contributed by atoms with E-state index in [1.165, 1.54) is 0 Å². The summed E-state index contributed by atoms with van der Waals surface area (Å²) < 4.78 is 26.8. The molecule has 136 valence electrons. The molecule has 0 saturated carbocycles. The van der Waals surface area contributed by atoms with Crippen LogP contribution in [0.25, 0.3) is 10.6 Å². The predicted molar refractivity (Wildman–Crippen MR) is 99.7 cm³/mol. The molecule has 2 heterocycles. The van der Waals surface area contributed by atoms with Gasteiger partial charge in [-0.2, -0.15) is 8.42 Å². The van der Waals surface area contributed by atoms with Crippen molar-refractivity contribution in [2.45, 2.75) is 24.6 Å². The fourth-order valence-electron chi connectivity index (χ4n) is 1.81. The highest BCUT2D eigenvalue weighted by Crippen LogP contribution is 2.29. The van der Waals surface area contributed by atoms with E-state index in [1.807, 2.05) is 31.2 Å². The van der Waals surface area contributed by atoms with Crippen LogP contribution in [0.1, 0.15) is 18.9 Å². The third-order valence-corrected chi connectivity index (χ3v) is 6.71. The van der Waals surface area contributed by atoms with Crippen molar-refractivity contribution in [3.8, 4) is 10.6 Å². The van der Waals surface area contributed by atoms with Gasteiger partial charge < -0.3 is 5.32 Å². The normalized spacial score (nSPS) is 11.3. The van der Waals surface area contributed by atoms with E-state index in [9.17, 15) is 13.2 Å². The standard InChI is InChI=1S/C14H14N6O3S3/c1-3-10(21)15-12-17-19-14(25-12)26(22,23)20-13-18-16-11(24-13)9-6-4-8(2)5-7-9/h4-7H,3H2,1-2H3,(H,18,20)(H,15,17,21). The van der Waals surface area contributed by atoms with E-state index in [2.05, 4.69) is 30.4 Å². The molecule has 0 fully saturated rings. The van der Waals surface area contributed by atoms with Gasteiger partial charge in [0.1, 0.15) is 5.01 Å². The minimum Gasteiger partial charge on any atom is -0.301 e. The third kappa shape index (κ3) is 4.20. The number of rotatable bonds is 6. The van der Waals surface area contributed by atoms with Crippen LogP contribution >= 0.6 is 22.7 Å². The molecule has 3 aromatic rings. The number of aromatic nitrogens is 4. The Morgan fingerprint density at radius 1 is 1.04 bits per heavy atom. The van der Waals surface area contributed by atoms with Gasteiger partial charge in [0.2, 0.25) is 16.2 Å². The zero-order valence-electron chi connectivity index (χ0n) is 13.8. The zero-order chi connectivity index (χ0) is 18.7. The lowest BCUT2D eigenvalue weighted by atomic mass is 10.2. The van der Waals surface area contributed by atoms with Crippen molar-refractivity contribution in [3.05, 3.63) is 29.8 Å². The topological polar surface area (TPSA) is 127 Å². The molecule has 12 heteroatoms. The van der Waals surface area contributed by atoms with Gasteiger partial charge in [0.25, 0.3) is 14.4 Å². The Morgan fingerprint density at radius 3 is 2.42 bits per heavy atom. The van der Waals surface area contributed by atoms with Crippen molar-refractivity contribution in [3.63, 3.8) is 0 Å². The molecule has 1 aromatic carbocycles. The van der Waals surface area contributed by atoms with Gasteiger partial charge in [-0.3, -0.25) is 9.52 Å². The fraction of sp³-hybridized carbons (Fsp3) is 0.214. The van der Waals surface area contributed by atoms with Crippen LogP contribution in [0.4, 0.5) is 10.3 Å². The van der Waals surface area contributed by atoms with Crippen LogP contribution in [0.15, 0.2) is 28.6 Å². The molecule has 0 unspecified atom stereocenters. The highest BCUT2D eigenvalue weighted by molar-refractivity contribution is 7.94. The summed E-state index contributed by atoms with van der Waals surface area (Å²) in [6.07, 6.45) is 0.256. The molecule has 0 aliphatic heterocycles. The summed E-state index contributed by atoms with van der Waals surface area (Å²) in [7, 11) is -3.96. The molecule has 0 atom stereocenters. The van der Waals surface area contributed by atoms with Gasteiger partial charge in [0, 0.05) is 12.0 Å². The Kier molecular flexibility index (Phi) is 5.25. The minimum atomic E-state index is -3.96. The number of nitrogens with zero attached hydrogens (tertiary/aromatic N) is 4. The van der Waals surface area contributed by atoms with Crippen LogP contribution in [0, 0.1) is 6.92 Å². The maximum Gasteiger partial charge on any atom is 0.293 e. The summed E-state index contributed by atoms with van der Waals surface area (Å²) in [5.41, 5.74) is 1.96. The van der Waals surface area contributed by atoms with Gasteiger partial charge in [0.05, 0.1) is 0 Å². The van der Waals surface area contributed by atoms with E-state index in [4.69, 9.17) is 0 Å². The van der Waals surface area contributed by atoms with Crippen LogP contribution < -0.4 is 10.0 Å². The predicted octanol–water partition coefficient (Wildman–Crippen LogP) is 2.51. The second kappa shape index (κ2) is 7.43. The average Bonchev–Trinajstić information content (AvgIpc) is 3.25. The summed E-state index contributed by atoms with van der Waals surface area (Å²) >= 11 is 1.87. The van der Waals surface area contributed by atoms with Gasteiger partial charge in [-0.25, -0.2) is 0 Å². The molecule has 0 aliphatic carbocycles. The third-order valence-electron chi connectivity index (χ3n) is 3.15. The second-order valence-corrected chi connectivity index (χ2v) is 8.97. The lowest BCUT2D eigenvalue weighted by molar-refractivity contribution is -0.115. The highest BCUT2D eigenvalue weighted by Gasteiger charge is 2.23. The summed E-state index contributed by atoms with van der Waals surface area (Å²) in [5, 5.41) is 18.4. The summed E-state index contributed by atoms with van der Waals surface area (Å²) in [6, 6.07) is 7.66. The Labute approximate surface area is 157 Å². The summed E-state index contributed by atoms with van der Waals surface area (Å²) in [5.74, 6) is -0.273. The molecule has 0 spiro atoms. The molecule has 9 nitrogen and oxygen atoms in total. The number of benzene rings is 1. The van der Waals surface area contributed by atoms with Gasteiger partial charge >= 0.3 is 0 Å². The number of anilines is 2. The molecule has 0 aliphatic rings. The van der Waals surface area contributed by atoms with Crippen molar-refractivity contribution in [2.24, 2.45) is 0 Å². The van der Waals surface area contributed by atoms with E-state index in [-0.39, 0.29) is 26.9 Å². The fourth-order valence-corrected chi connectivity index (χ4v) is 4.71. The molecular weight excluding hydrogens is 396 g/mol. The van der Waals surface area contributed by atoms with Crippen LogP contribution in [-0.2, 0) is 14.8 Å². The average molecular weight is 411 g/mol. The molecular formula is C14H14N6O3S3. The first kappa shape index (κ1) is 18.4. The smallest absolute Gasteiger partial charge is 0.293 e. The highest BCUT2D eigenvalue weighted by atomic mass is 32.2. The van der Waals surface area contributed by atoms with Crippen molar-refractivity contribution in [1.82, 2.24) is 20.4 Å². The number of carbonyl (C=O) groups excluding carboxylic acids is 1. The van der Waals surface area contributed by atoms with Gasteiger partial charge in [-0.05, 0) is 6.92 Å². The molecule has 0 saturated heterocycles. The SMILES string of the molecule is CCC(=O)Nc1nnc(S(=O)(=O)Nc2nnc(-c3ccc(C)cc3)s2)s1. The molecule has 26 heavy (non-hydrogen) atoms. The Morgan fingerprint density at radius 2 is 1.73 bits per heavy atom. The van der Waals surface area contributed by atoms with Gasteiger partial charge in [-0.15, -0.1) is 20.4 Å². The number of aryl methyl sites for hydroxylation is 1. The lowest BCUT2D eigenvalue weighted by Crippen LogP contribution is -2.12. The first-order chi connectivity index (χ1) is 12.4. The van der Waals surface area contributed by atoms with Gasteiger partial charge in [-0.1, -0.05) is 59.4 Å². The Balaban J connectivity index is 1.76. The van der Waals surface area contributed by atoms with Gasteiger partial charge in [0.15, 0.2) is 0 Å². The van der Waals surface area contributed by atoms with Crippen LogP contribution in [0.5, 0.6) is 0 Å². The number of carbonyl (C=O) groups is 1. The monoisotopic (exact) mass is 410 g/mol. The Bertz CT molecular complexity index is 1030. The van der Waals surface area contributed by atoms with Crippen molar-refractivity contribution in [1.29, 1.82) is 0 Å². The second-order valence-electron chi connectivity index (χ2n) is 5.16. The van der Waals surface area contributed by atoms with Crippen molar-refractivity contribution in [2.75, 3.05) is 10.0 Å². The van der Waals surface area contributed by atoms with Crippen molar-refractivity contribution < 1.29 is 13.2 Å². The number of sulfonamides is 1. The number of hydrogen-bond acceptors (Lipinski definition) is 9. The Hall–Kier alpha value is -2.44. The van der Waals surface area contributed by atoms with E-state index < -0.39 is 10.0 Å². The van der Waals surface area contributed by atoms with E-state index >= 15 is 0 Å². The molecule has 0 radical (unpaired) electrons. The minimum absolute atomic E-state index is 0.120. The number of nitrogens with one attached hydrogen (secondary N) is 2. The first-order valence-corrected chi connectivity index (χ1v) is 10.6. The maximum atomic E-state index is 12.4. The van der Waals surface area contributed by atoms with E-state index in [0.29, 0.717) is 5.01 Å². The van der Waals surface area contributed by atoms with Crippen molar-refractivity contribution >= 4 is 48.9 Å². The zero-order valence-corrected chi connectivity index (χ0v) is 16.2. The molecule has 0 bridgehead atoms. The van der Waals surface area contributed by atoms with E-state index in [0.717, 1.165) is 33.8 Å². The van der Waals surface area contributed by atoms with Crippen LogP contribution in [0.3, 0.4) is 0 Å². The summed E-state index contributed by atoms with van der Waals surface area (Å²) in [4.78, 5) is 11.3. The quantitative estimate of drug-likeness (QED) is 0.598. The molecule has 2 N–H and O–H groups in total. The lowest BCUT2D eigenvalue weighted by Gasteiger charge is -1.99.